The Labute approximate surface area is 170 Å². The van der Waals surface area contributed by atoms with Crippen LogP contribution in [0.2, 0.25) is 0 Å². The topological polar surface area (TPSA) is 72.3 Å². The highest BCUT2D eigenvalue weighted by Gasteiger charge is 2.39. The molecule has 3 heterocycles. The summed E-state index contributed by atoms with van der Waals surface area (Å²) in [6.45, 7) is 7.10. The van der Waals surface area contributed by atoms with Gasteiger partial charge in [-0.15, -0.1) is 10.2 Å². The molecule has 156 valence electrons. The van der Waals surface area contributed by atoms with Gasteiger partial charge in [-0.25, -0.2) is 4.39 Å². The fourth-order valence-corrected chi connectivity index (χ4v) is 4.17. The molecule has 1 fully saturated rings. The number of nitrogens with zero attached hydrogens (tertiary/aromatic N) is 4. The maximum atomic E-state index is 13.1. The molecule has 1 saturated heterocycles. The number of nitrogens with one attached hydrogen (secondary N) is 1. The van der Waals surface area contributed by atoms with Crippen molar-refractivity contribution in [3.05, 3.63) is 47.3 Å². The largest absolute Gasteiger partial charge is 0.373 e. The van der Waals surface area contributed by atoms with Crippen molar-refractivity contribution in [2.45, 2.75) is 45.9 Å². The van der Waals surface area contributed by atoms with Crippen LogP contribution in [0.5, 0.6) is 0 Å². The molecule has 29 heavy (non-hydrogen) atoms. The predicted molar refractivity (Wildman–Crippen MR) is 106 cm³/mol. The standard InChI is InChI=1S/C21H28FN5O2/c1-2-9-23-20(28)19-25-24-18-13-29-15-21(14-27(18)19)7-10-26(11-8-21)12-16-3-5-17(22)6-4-16/h3-6H,2,7-15H2,1H3,(H,23,28). The Morgan fingerprint density at radius 2 is 2.00 bits per heavy atom. The van der Waals surface area contributed by atoms with Crippen LogP contribution in [0.15, 0.2) is 24.3 Å². The van der Waals surface area contributed by atoms with Gasteiger partial charge in [0.2, 0.25) is 5.82 Å². The number of fused-ring (bicyclic) bond motifs is 1. The lowest BCUT2D eigenvalue weighted by atomic mass is 9.78. The molecular weight excluding hydrogens is 373 g/mol. The van der Waals surface area contributed by atoms with Crippen LogP contribution in [-0.2, 0) is 24.4 Å². The molecule has 0 radical (unpaired) electrons. The number of hydrogen-bond acceptors (Lipinski definition) is 5. The Balaban J connectivity index is 1.43. The van der Waals surface area contributed by atoms with Crippen molar-refractivity contribution in [3.63, 3.8) is 0 Å². The molecule has 2 aliphatic heterocycles. The second-order valence-corrected chi connectivity index (χ2v) is 8.18. The van der Waals surface area contributed by atoms with E-state index in [9.17, 15) is 9.18 Å². The summed E-state index contributed by atoms with van der Waals surface area (Å²) in [7, 11) is 0. The van der Waals surface area contributed by atoms with Gasteiger partial charge in [-0.1, -0.05) is 19.1 Å². The molecule has 0 saturated carbocycles. The van der Waals surface area contributed by atoms with Crippen molar-refractivity contribution in [1.29, 1.82) is 0 Å². The molecule has 0 aliphatic carbocycles. The third kappa shape index (κ3) is 4.48. The van der Waals surface area contributed by atoms with Gasteiger partial charge in [-0.2, -0.15) is 0 Å². The van der Waals surface area contributed by atoms with Gasteiger partial charge in [0.05, 0.1) is 6.61 Å². The van der Waals surface area contributed by atoms with Crippen LogP contribution >= 0.6 is 0 Å². The average Bonchev–Trinajstić information content (AvgIpc) is 3.03. The molecule has 1 N–H and O–H groups in total. The predicted octanol–water partition coefficient (Wildman–Crippen LogP) is 2.37. The number of rotatable bonds is 5. The fraction of sp³-hybridized carbons (Fsp3) is 0.571. The van der Waals surface area contributed by atoms with Crippen molar-refractivity contribution in [2.75, 3.05) is 26.2 Å². The van der Waals surface area contributed by atoms with Crippen LogP contribution in [0.4, 0.5) is 4.39 Å². The van der Waals surface area contributed by atoms with Crippen LogP contribution in [0.25, 0.3) is 0 Å². The molecule has 0 unspecified atom stereocenters. The molecule has 1 spiro atoms. The van der Waals surface area contributed by atoms with Crippen molar-refractivity contribution >= 4 is 5.91 Å². The lowest BCUT2D eigenvalue weighted by Gasteiger charge is -2.41. The molecule has 0 bridgehead atoms. The van der Waals surface area contributed by atoms with Gasteiger partial charge >= 0.3 is 0 Å². The number of ether oxygens (including phenoxy) is 1. The summed E-state index contributed by atoms with van der Waals surface area (Å²) in [5.74, 6) is 0.728. The van der Waals surface area contributed by atoms with Gasteiger partial charge in [0.15, 0.2) is 5.82 Å². The highest BCUT2D eigenvalue weighted by Crippen LogP contribution is 2.36. The van der Waals surface area contributed by atoms with Crippen LogP contribution in [0.3, 0.4) is 0 Å². The smallest absolute Gasteiger partial charge is 0.289 e. The summed E-state index contributed by atoms with van der Waals surface area (Å²) < 4.78 is 21.0. The zero-order valence-electron chi connectivity index (χ0n) is 16.9. The molecule has 1 aromatic heterocycles. The van der Waals surface area contributed by atoms with E-state index in [1.54, 1.807) is 0 Å². The summed E-state index contributed by atoms with van der Waals surface area (Å²) in [5.41, 5.74) is 1.10. The van der Waals surface area contributed by atoms with Crippen LogP contribution < -0.4 is 5.32 Å². The first-order valence-electron chi connectivity index (χ1n) is 10.3. The van der Waals surface area contributed by atoms with Crippen LogP contribution in [0.1, 0.15) is 48.2 Å². The number of hydrogen-bond donors (Lipinski definition) is 1. The van der Waals surface area contributed by atoms with Crippen LogP contribution in [0, 0.1) is 11.2 Å². The Bertz CT molecular complexity index is 843. The first-order valence-corrected chi connectivity index (χ1v) is 10.3. The zero-order chi connectivity index (χ0) is 20.3. The number of piperidine rings is 1. The third-order valence-electron chi connectivity index (χ3n) is 5.94. The van der Waals surface area contributed by atoms with E-state index in [0.29, 0.717) is 32.1 Å². The van der Waals surface area contributed by atoms with E-state index in [4.69, 9.17) is 4.74 Å². The summed E-state index contributed by atoms with van der Waals surface area (Å²) in [4.78, 5) is 14.9. The third-order valence-corrected chi connectivity index (χ3v) is 5.94. The fourth-order valence-electron chi connectivity index (χ4n) is 4.17. The van der Waals surface area contributed by atoms with Crippen LogP contribution in [-0.4, -0.2) is 51.8 Å². The highest BCUT2D eigenvalue weighted by atomic mass is 19.1. The molecule has 7 nitrogen and oxygen atoms in total. The van der Waals surface area contributed by atoms with Gasteiger partial charge in [-0.3, -0.25) is 9.69 Å². The van der Waals surface area contributed by atoms with E-state index < -0.39 is 0 Å². The van der Waals surface area contributed by atoms with E-state index in [-0.39, 0.29) is 17.1 Å². The number of amides is 1. The van der Waals surface area contributed by atoms with Crippen molar-refractivity contribution in [3.8, 4) is 0 Å². The monoisotopic (exact) mass is 401 g/mol. The van der Waals surface area contributed by atoms with Gasteiger partial charge in [-0.05, 0) is 50.0 Å². The Morgan fingerprint density at radius 3 is 2.72 bits per heavy atom. The van der Waals surface area contributed by atoms with Gasteiger partial charge in [0, 0.05) is 25.0 Å². The van der Waals surface area contributed by atoms with Crippen molar-refractivity contribution in [2.24, 2.45) is 5.41 Å². The Hall–Kier alpha value is -2.32. The van der Waals surface area contributed by atoms with E-state index in [1.165, 1.54) is 12.1 Å². The van der Waals surface area contributed by atoms with Gasteiger partial charge < -0.3 is 14.6 Å². The van der Waals surface area contributed by atoms with Gasteiger partial charge in [0.1, 0.15) is 12.4 Å². The maximum Gasteiger partial charge on any atom is 0.289 e. The lowest BCUT2D eigenvalue weighted by Crippen LogP contribution is -2.44. The zero-order valence-corrected chi connectivity index (χ0v) is 16.9. The number of halogens is 1. The van der Waals surface area contributed by atoms with Crippen molar-refractivity contribution in [1.82, 2.24) is 25.0 Å². The number of carbonyl (C=O) groups is 1. The highest BCUT2D eigenvalue weighted by molar-refractivity contribution is 5.90. The minimum Gasteiger partial charge on any atom is -0.373 e. The SMILES string of the molecule is CCCNC(=O)c1nnc2n1CC1(CCN(Cc3ccc(F)cc3)CC1)COC2. The molecule has 2 aliphatic rings. The second-order valence-electron chi connectivity index (χ2n) is 8.18. The molecule has 0 atom stereocenters. The number of benzene rings is 1. The number of likely N-dealkylation sites (tertiary alicyclic amines) is 1. The number of aromatic nitrogens is 3. The number of carbonyl (C=O) groups excluding carboxylic acids is 1. The summed E-state index contributed by atoms with van der Waals surface area (Å²) in [6, 6.07) is 6.72. The van der Waals surface area contributed by atoms with E-state index in [0.717, 1.165) is 50.3 Å². The Kier molecular flexibility index (Phi) is 5.91. The minimum absolute atomic E-state index is 0.0211. The summed E-state index contributed by atoms with van der Waals surface area (Å²) >= 11 is 0. The summed E-state index contributed by atoms with van der Waals surface area (Å²) in [6.07, 6.45) is 2.83. The molecular formula is C21H28FN5O2. The quantitative estimate of drug-likeness (QED) is 0.833. The first kappa shape index (κ1) is 20.0. The Morgan fingerprint density at radius 1 is 1.24 bits per heavy atom. The molecule has 1 amide bonds. The van der Waals surface area contributed by atoms with Crippen molar-refractivity contribution < 1.29 is 13.9 Å². The molecule has 8 heteroatoms. The summed E-state index contributed by atoms with van der Waals surface area (Å²) in [5, 5.41) is 11.2. The maximum absolute atomic E-state index is 13.1. The van der Waals surface area contributed by atoms with E-state index in [1.807, 2.05) is 23.6 Å². The van der Waals surface area contributed by atoms with Gasteiger partial charge in [0.25, 0.3) is 5.91 Å². The molecule has 2 aromatic rings. The molecule has 4 rings (SSSR count). The second kappa shape index (κ2) is 8.59. The van der Waals surface area contributed by atoms with E-state index in [2.05, 4.69) is 20.4 Å². The first-order chi connectivity index (χ1) is 14.1. The minimum atomic E-state index is -0.203. The van der Waals surface area contributed by atoms with E-state index >= 15 is 0 Å². The normalized spacial score (nSPS) is 19.0. The molecule has 1 aromatic carbocycles. The lowest BCUT2D eigenvalue weighted by molar-refractivity contribution is -0.00569. The average molecular weight is 401 g/mol.